The minimum Gasteiger partial charge on any atom is -0.491 e. The van der Waals surface area contributed by atoms with Crippen molar-refractivity contribution in [2.45, 2.75) is 38.3 Å². The SMILES string of the molecule is CC(CC1CC1)NCC(O)COc1ccc(Br)cc1. The molecular formula is C15H22BrNO2. The molecule has 2 unspecified atom stereocenters. The van der Waals surface area contributed by atoms with Crippen LogP contribution < -0.4 is 10.1 Å². The highest BCUT2D eigenvalue weighted by Gasteiger charge is 2.23. The Morgan fingerprint density at radius 2 is 2.05 bits per heavy atom. The monoisotopic (exact) mass is 327 g/mol. The van der Waals surface area contributed by atoms with E-state index in [0.29, 0.717) is 19.2 Å². The summed E-state index contributed by atoms with van der Waals surface area (Å²) in [5, 5.41) is 13.2. The lowest BCUT2D eigenvalue weighted by atomic mass is 10.1. The molecule has 2 N–H and O–H groups in total. The Balaban J connectivity index is 1.60. The Morgan fingerprint density at radius 3 is 2.68 bits per heavy atom. The first kappa shape index (κ1) is 14.8. The lowest BCUT2D eigenvalue weighted by Crippen LogP contribution is -2.36. The van der Waals surface area contributed by atoms with Crippen molar-refractivity contribution in [3.05, 3.63) is 28.7 Å². The average molecular weight is 328 g/mol. The molecule has 1 aliphatic rings. The van der Waals surface area contributed by atoms with Crippen molar-refractivity contribution in [3.8, 4) is 5.75 Å². The third kappa shape index (κ3) is 5.93. The van der Waals surface area contributed by atoms with Gasteiger partial charge in [0.1, 0.15) is 18.5 Å². The molecular weight excluding hydrogens is 306 g/mol. The summed E-state index contributed by atoms with van der Waals surface area (Å²) >= 11 is 3.38. The van der Waals surface area contributed by atoms with Crippen LogP contribution in [0.4, 0.5) is 0 Å². The number of hydrogen-bond donors (Lipinski definition) is 2. The van der Waals surface area contributed by atoms with E-state index in [0.717, 1.165) is 16.1 Å². The zero-order chi connectivity index (χ0) is 13.7. The molecule has 2 atom stereocenters. The highest BCUT2D eigenvalue weighted by Crippen LogP contribution is 2.33. The molecule has 0 heterocycles. The molecule has 0 spiro atoms. The molecule has 1 fully saturated rings. The van der Waals surface area contributed by atoms with Crippen molar-refractivity contribution in [1.29, 1.82) is 0 Å². The fourth-order valence-electron chi connectivity index (χ4n) is 2.06. The van der Waals surface area contributed by atoms with Crippen LogP contribution in [0.15, 0.2) is 28.7 Å². The number of halogens is 1. The molecule has 0 bridgehead atoms. The van der Waals surface area contributed by atoms with Crippen molar-refractivity contribution in [2.24, 2.45) is 5.92 Å². The van der Waals surface area contributed by atoms with Crippen LogP contribution in [0.1, 0.15) is 26.2 Å². The van der Waals surface area contributed by atoms with Gasteiger partial charge in [-0.2, -0.15) is 0 Å². The molecule has 1 aromatic carbocycles. The predicted molar refractivity (Wildman–Crippen MR) is 80.4 cm³/mol. The summed E-state index contributed by atoms with van der Waals surface area (Å²) in [7, 11) is 0. The fraction of sp³-hybridized carbons (Fsp3) is 0.600. The maximum atomic E-state index is 9.87. The van der Waals surface area contributed by atoms with E-state index >= 15 is 0 Å². The quantitative estimate of drug-likeness (QED) is 0.771. The van der Waals surface area contributed by atoms with E-state index in [1.165, 1.54) is 19.3 Å². The summed E-state index contributed by atoms with van der Waals surface area (Å²) in [6, 6.07) is 8.12. The van der Waals surface area contributed by atoms with Gasteiger partial charge < -0.3 is 15.2 Å². The van der Waals surface area contributed by atoms with Gasteiger partial charge in [-0.1, -0.05) is 28.8 Å². The van der Waals surface area contributed by atoms with Crippen molar-refractivity contribution in [1.82, 2.24) is 5.32 Å². The normalized spacial score (nSPS) is 18.1. The Labute approximate surface area is 123 Å². The van der Waals surface area contributed by atoms with Gasteiger partial charge in [0.15, 0.2) is 0 Å². The second-order valence-corrected chi connectivity index (χ2v) is 6.32. The van der Waals surface area contributed by atoms with Crippen LogP contribution in [-0.2, 0) is 0 Å². The first-order valence-electron chi connectivity index (χ1n) is 6.93. The number of ether oxygens (including phenoxy) is 1. The van der Waals surface area contributed by atoms with Crippen LogP contribution in [0.5, 0.6) is 5.75 Å². The molecule has 0 aromatic heterocycles. The molecule has 0 amide bonds. The molecule has 4 heteroatoms. The van der Waals surface area contributed by atoms with Gasteiger partial charge >= 0.3 is 0 Å². The minimum atomic E-state index is -0.467. The molecule has 1 aliphatic carbocycles. The molecule has 1 saturated carbocycles. The largest absolute Gasteiger partial charge is 0.491 e. The standard InChI is InChI=1S/C15H22BrNO2/c1-11(8-12-2-3-12)17-9-14(18)10-19-15-6-4-13(16)5-7-15/h4-7,11-12,14,17-18H,2-3,8-10H2,1H3. The fourth-order valence-corrected chi connectivity index (χ4v) is 2.32. The number of aliphatic hydroxyl groups is 1. The smallest absolute Gasteiger partial charge is 0.119 e. The maximum absolute atomic E-state index is 9.87. The molecule has 0 saturated heterocycles. The van der Waals surface area contributed by atoms with E-state index in [1.54, 1.807) is 0 Å². The Morgan fingerprint density at radius 1 is 1.37 bits per heavy atom. The zero-order valence-electron chi connectivity index (χ0n) is 11.3. The van der Waals surface area contributed by atoms with E-state index in [1.807, 2.05) is 24.3 Å². The van der Waals surface area contributed by atoms with Crippen LogP contribution in [-0.4, -0.2) is 30.4 Å². The molecule has 3 nitrogen and oxygen atoms in total. The molecule has 19 heavy (non-hydrogen) atoms. The van der Waals surface area contributed by atoms with Gasteiger partial charge in [-0.15, -0.1) is 0 Å². The number of rotatable bonds is 8. The molecule has 0 aliphatic heterocycles. The second kappa shape index (κ2) is 7.27. The second-order valence-electron chi connectivity index (χ2n) is 5.41. The highest BCUT2D eigenvalue weighted by molar-refractivity contribution is 9.10. The number of nitrogens with one attached hydrogen (secondary N) is 1. The van der Waals surface area contributed by atoms with E-state index < -0.39 is 6.10 Å². The lowest BCUT2D eigenvalue weighted by Gasteiger charge is -2.17. The van der Waals surface area contributed by atoms with Crippen LogP contribution in [0.2, 0.25) is 0 Å². The Kier molecular flexibility index (Phi) is 5.67. The highest BCUT2D eigenvalue weighted by atomic mass is 79.9. The van der Waals surface area contributed by atoms with Gasteiger partial charge in [-0.3, -0.25) is 0 Å². The maximum Gasteiger partial charge on any atom is 0.119 e. The number of aliphatic hydroxyl groups excluding tert-OH is 1. The Bertz CT molecular complexity index is 378. The number of benzene rings is 1. The van der Waals surface area contributed by atoms with Gasteiger partial charge in [0.25, 0.3) is 0 Å². The summed E-state index contributed by atoms with van der Waals surface area (Å²) in [6.07, 6.45) is 3.51. The van der Waals surface area contributed by atoms with E-state index in [2.05, 4.69) is 28.2 Å². The first-order valence-corrected chi connectivity index (χ1v) is 7.72. The Hall–Kier alpha value is -0.580. The lowest BCUT2D eigenvalue weighted by molar-refractivity contribution is 0.103. The third-order valence-electron chi connectivity index (χ3n) is 3.34. The summed E-state index contributed by atoms with van der Waals surface area (Å²) in [5.41, 5.74) is 0. The van der Waals surface area contributed by atoms with Gasteiger partial charge in [0, 0.05) is 17.1 Å². The van der Waals surface area contributed by atoms with Crippen molar-refractivity contribution < 1.29 is 9.84 Å². The molecule has 2 rings (SSSR count). The van der Waals surface area contributed by atoms with Crippen molar-refractivity contribution in [2.75, 3.05) is 13.2 Å². The van der Waals surface area contributed by atoms with Crippen molar-refractivity contribution in [3.63, 3.8) is 0 Å². The van der Waals surface area contributed by atoms with Gasteiger partial charge in [-0.25, -0.2) is 0 Å². The van der Waals surface area contributed by atoms with Crippen molar-refractivity contribution >= 4 is 15.9 Å². The predicted octanol–water partition coefficient (Wildman–Crippen LogP) is 2.97. The summed E-state index contributed by atoms with van der Waals surface area (Å²) in [6.45, 7) is 3.09. The van der Waals surface area contributed by atoms with Crippen LogP contribution >= 0.6 is 15.9 Å². The summed E-state index contributed by atoms with van der Waals surface area (Å²) in [4.78, 5) is 0. The minimum absolute atomic E-state index is 0.324. The zero-order valence-corrected chi connectivity index (χ0v) is 12.9. The van der Waals surface area contributed by atoms with E-state index in [9.17, 15) is 5.11 Å². The van der Waals surface area contributed by atoms with Crippen LogP contribution in [0.3, 0.4) is 0 Å². The first-order chi connectivity index (χ1) is 9.13. The van der Waals surface area contributed by atoms with Gasteiger partial charge in [0.05, 0.1) is 0 Å². The van der Waals surface area contributed by atoms with E-state index in [-0.39, 0.29) is 0 Å². The van der Waals surface area contributed by atoms with Gasteiger partial charge in [-0.05, 0) is 43.5 Å². The molecule has 0 radical (unpaired) electrons. The van der Waals surface area contributed by atoms with E-state index in [4.69, 9.17) is 4.74 Å². The van der Waals surface area contributed by atoms with Crippen LogP contribution in [0, 0.1) is 5.92 Å². The molecule has 1 aromatic rings. The summed E-state index contributed by atoms with van der Waals surface area (Å²) in [5.74, 6) is 1.70. The van der Waals surface area contributed by atoms with Crippen LogP contribution in [0.25, 0.3) is 0 Å². The van der Waals surface area contributed by atoms with Gasteiger partial charge in [0.2, 0.25) is 0 Å². The topological polar surface area (TPSA) is 41.5 Å². The molecule has 106 valence electrons. The average Bonchev–Trinajstić information content (AvgIpc) is 3.19. The summed E-state index contributed by atoms with van der Waals surface area (Å²) < 4.78 is 6.56. The number of hydrogen-bond acceptors (Lipinski definition) is 3. The third-order valence-corrected chi connectivity index (χ3v) is 3.87.